The maximum atomic E-state index is 12.8. The van der Waals surface area contributed by atoms with Crippen LogP contribution >= 0.6 is 23.2 Å². The van der Waals surface area contributed by atoms with Crippen LogP contribution in [0.3, 0.4) is 0 Å². The van der Waals surface area contributed by atoms with Gasteiger partial charge in [0, 0.05) is 31.7 Å². The molecule has 0 aliphatic carbocycles. The maximum Gasteiger partial charge on any atom is 0.253 e. The number of halogens is 2. The molecule has 1 aliphatic heterocycles. The molecule has 2 aromatic rings. The molecule has 1 fully saturated rings. The summed E-state index contributed by atoms with van der Waals surface area (Å²) in [7, 11) is -3.80. The smallest absolute Gasteiger partial charge is 0.253 e. The highest BCUT2D eigenvalue weighted by atomic mass is 35.5. The van der Waals surface area contributed by atoms with Crippen molar-refractivity contribution in [3.8, 4) is 6.07 Å². The Kier molecular flexibility index (Phi) is 5.72. The van der Waals surface area contributed by atoms with E-state index in [1.54, 1.807) is 29.2 Å². The molecule has 1 heterocycles. The summed E-state index contributed by atoms with van der Waals surface area (Å²) in [4.78, 5) is 14.1. The van der Waals surface area contributed by atoms with Crippen LogP contribution in [0, 0.1) is 11.3 Å². The Balaban J connectivity index is 1.72. The quantitative estimate of drug-likeness (QED) is 0.759. The number of hydrogen-bond donors (Lipinski definition) is 0. The average molecular weight is 424 g/mol. The van der Waals surface area contributed by atoms with E-state index in [1.807, 2.05) is 6.07 Å². The van der Waals surface area contributed by atoms with Crippen molar-refractivity contribution in [2.45, 2.75) is 4.90 Å². The first-order chi connectivity index (χ1) is 12.8. The lowest BCUT2D eigenvalue weighted by Gasteiger charge is -2.34. The largest absolute Gasteiger partial charge is 0.336 e. The molecule has 1 amide bonds. The highest BCUT2D eigenvalue weighted by Crippen LogP contribution is 2.31. The van der Waals surface area contributed by atoms with E-state index in [0.29, 0.717) is 11.1 Å². The monoisotopic (exact) mass is 423 g/mol. The van der Waals surface area contributed by atoms with Gasteiger partial charge in [-0.3, -0.25) is 4.79 Å². The third kappa shape index (κ3) is 3.94. The number of amides is 1. The third-order valence-electron chi connectivity index (χ3n) is 4.32. The third-order valence-corrected chi connectivity index (χ3v) is 7.19. The number of rotatable bonds is 3. The van der Waals surface area contributed by atoms with Gasteiger partial charge in [-0.05, 0) is 36.4 Å². The van der Waals surface area contributed by atoms with Crippen LogP contribution in [0.2, 0.25) is 10.0 Å². The fourth-order valence-electron chi connectivity index (χ4n) is 2.82. The van der Waals surface area contributed by atoms with E-state index in [9.17, 15) is 13.2 Å². The van der Waals surface area contributed by atoms with Gasteiger partial charge >= 0.3 is 0 Å². The number of benzene rings is 2. The van der Waals surface area contributed by atoms with Crippen LogP contribution < -0.4 is 0 Å². The van der Waals surface area contributed by atoms with Gasteiger partial charge in [0.1, 0.15) is 4.90 Å². The number of piperazine rings is 1. The zero-order valence-electron chi connectivity index (χ0n) is 14.1. The van der Waals surface area contributed by atoms with Crippen molar-refractivity contribution in [2.75, 3.05) is 26.2 Å². The molecular weight excluding hydrogens is 409 g/mol. The second-order valence-corrected chi connectivity index (χ2v) is 8.63. The highest BCUT2D eigenvalue weighted by Gasteiger charge is 2.32. The lowest BCUT2D eigenvalue weighted by molar-refractivity contribution is 0.0698. The minimum absolute atomic E-state index is 0.00439. The SMILES string of the molecule is N#Cc1ccc(C(=O)N2CCN(S(=O)(=O)c3cccc(Cl)c3Cl)CC2)cc1. The van der Waals surface area contributed by atoms with E-state index < -0.39 is 10.0 Å². The van der Waals surface area contributed by atoms with Gasteiger partial charge in [-0.15, -0.1) is 0 Å². The summed E-state index contributed by atoms with van der Waals surface area (Å²) in [5.74, 6) is -0.197. The first-order valence-electron chi connectivity index (χ1n) is 8.08. The highest BCUT2D eigenvalue weighted by molar-refractivity contribution is 7.89. The fraction of sp³-hybridized carbons (Fsp3) is 0.222. The van der Waals surface area contributed by atoms with E-state index >= 15 is 0 Å². The predicted molar refractivity (Wildman–Crippen MR) is 102 cm³/mol. The Bertz CT molecular complexity index is 1010. The summed E-state index contributed by atoms with van der Waals surface area (Å²) >= 11 is 12.0. The second-order valence-electron chi connectivity index (χ2n) is 5.94. The molecule has 0 aromatic heterocycles. The van der Waals surface area contributed by atoms with Crippen molar-refractivity contribution >= 4 is 39.1 Å². The number of hydrogen-bond acceptors (Lipinski definition) is 4. The minimum atomic E-state index is -3.80. The summed E-state index contributed by atoms with van der Waals surface area (Å²) in [5, 5.41) is 9.00. The van der Waals surface area contributed by atoms with E-state index in [-0.39, 0.29) is 47.0 Å². The topological polar surface area (TPSA) is 81.5 Å². The summed E-state index contributed by atoms with van der Waals surface area (Å²) in [6, 6.07) is 12.8. The molecule has 9 heteroatoms. The molecule has 0 spiro atoms. The molecule has 0 bridgehead atoms. The zero-order chi connectivity index (χ0) is 19.6. The average Bonchev–Trinajstić information content (AvgIpc) is 2.69. The van der Waals surface area contributed by atoms with Gasteiger partial charge in [-0.25, -0.2) is 8.42 Å². The molecule has 0 N–H and O–H groups in total. The van der Waals surface area contributed by atoms with E-state index in [0.717, 1.165) is 0 Å². The van der Waals surface area contributed by atoms with Crippen molar-refractivity contribution in [1.82, 2.24) is 9.21 Å². The van der Waals surface area contributed by atoms with Crippen LogP contribution in [0.4, 0.5) is 0 Å². The van der Waals surface area contributed by atoms with Crippen LogP contribution in [-0.2, 0) is 10.0 Å². The fourth-order valence-corrected chi connectivity index (χ4v) is 4.98. The van der Waals surface area contributed by atoms with Crippen LogP contribution in [0.5, 0.6) is 0 Å². The number of carbonyl (C=O) groups excluding carboxylic acids is 1. The molecule has 1 saturated heterocycles. The van der Waals surface area contributed by atoms with E-state index in [2.05, 4.69) is 0 Å². The molecule has 0 radical (unpaired) electrons. The molecule has 3 rings (SSSR count). The zero-order valence-corrected chi connectivity index (χ0v) is 16.4. The van der Waals surface area contributed by atoms with Crippen LogP contribution in [0.1, 0.15) is 15.9 Å². The summed E-state index contributed by atoms with van der Waals surface area (Å²) in [6.07, 6.45) is 0. The predicted octanol–water partition coefficient (Wildman–Crippen LogP) is 3.01. The van der Waals surface area contributed by atoms with Crippen molar-refractivity contribution < 1.29 is 13.2 Å². The molecule has 0 atom stereocenters. The molecule has 6 nitrogen and oxygen atoms in total. The number of carbonyl (C=O) groups is 1. The van der Waals surface area contributed by atoms with Crippen LogP contribution in [0.15, 0.2) is 47.4 Å². The lowest BCUT2D eigenvalue weighted by Crippen LogP contribution is -2.50. The van der Waals surface area contributed by atoms with Crippen LogP contribution in [0.25, 0.3) is 0 Å². The maximum absolute atomic E-state index is 12.8. The Labute approximate surface area is 167 Å². The number of sulfonamides is 1. The summed E-state index contributed by atoms with van der Waals surface area (Å²) in [5.41, 5.74) is 0.934. The van der Waals surface area contributed by atoms with Gasteiger partial charge < -0.3 is 4.90 Å². The molecule has 140 valence electrons. The first kappa shape index (κ1) is 19.6. The molecule has 2 aromatic carbocycles. The summed E-state index contributed by atoms with van der Waals surface area (Å²) in [6.45, 7) is 0.840. The summed E-state index contributed by atoms with van der Waals surface area (Å²) < 4.78 is 27.0. The first-order valence-corrected chi connectivity index (χ1v) is 10.3. The van der Waals surface area contributed by atoms with Crippen molar-refractivity contribution in [3.63, 3.8) is 0 Å². The van der Waals surface area contributed by atoms with Gasteiger partial charge in [0.05, 0.1) is 21.7 Å². The van der Waals surface area contributed by atoms with Crippen LogP contribution in [-0.4, -0.2) is 49.7 Å². The van der Waals surface area contributed by atoms with Gasteiger partial charge in [0.25, 0.3) is 5.91 Å². The van der Waals surface area contributed by atoms with Crippen molar-refractivity contribution in [2.24, 2.45) is 0 Å². The van der Waals surface area contributed by atoms with Gasteiger partial charge in [-0.2, -0.15) is 9.57 Å². The Morgan fingerprint density at radius 1 is 1.00 bits per heavy atom. The number of nitrogens with zero attached hydrogens (tertiary/aromatic N) is 3. The lowest BCUT2D eigenvalue weighted by atomic mass is 10.1. The normalized spacial score (nSPS) is 15.4. The molecule has 0 unspecified atom stereocenters. The Hall–Kier alpha value is -2.11. The van der Waals surface area contributed by atoms with Gasteiger partial charge in [0.15, 0.2) is 0 Å². The standard InChI is InChI=1S/C18H15Cl2N3O3S/c19-15-2-1-3-16(17(15)20)27(25,26)23-10-8-22(9-11-23)18(24)14-6-4-13(12-21)5-7-14/h1-7H,8-11H2. The number of nitriles is 1. The minimum Gasteiger partial charge on any atom is -0.336 e. The van der Waals surface area contributed by atoms with Gasteiger partial charge in [-0.1, -0.05) is 29.3 Å². The molecule has 0 saturated carbocycles. The van der Waals surface area contributed by atoms with Gasteiger partial charge in [0.2, 0.25) is 10.0 Å². The van der Waals surface area contributed by atoms with E-state index in [4.69, 9.17) is 28.5 Å². The second kappa shape index (κ2) is 7.87. The molecule has 27 heavy (non-hydrogen) atoms. The van der Waals surface area contributed by atoms with E-state index in [1.165, 1.54) is 22.5 Å². The molecule has 1 aliphatic rings. The van der Waals surface area contributed by atoms with Crippen molar-refractivity contribution in [3.05, 3.63) is 63.6 Å². The Morgan fingerprint density at radius 3 is 2.22 bits per heavy atom. The van der Waals surface area contributed by atoms with Crippen molar-refractivity contribution in [1.29, 1.82) is 5.26 Å². The Morgan fingerprint density at radius 2 is 1.63 bits per heavy atom. The molecular formula is C18H15Cl2N3O3S.